The van der Waals surface area contributed by atoms with Crippen molar-refractivity contribution in [3.63, 3.8) is 0 Å². The van der Waals surface area contributed by atoms with E-state index in [1.165, 1.54) is 18.5 Å². The van der Waals surface area contributed by atoms with Crippen molar-refractivity contribution in [3.05, 3.63) is 16.1 Å². The Kier molecular flexibility index (Phi) is 5.97. The van der Waals surface area contributed by atoms with E-state index in [4.69, 9.17) is 0 Å². The molecule has 1 heterocycles. The second-order valence-electron chi connectivity index (χ2n) is 4.90. The predicted molar refractivity (Wildman–Crippen MR) is 80.1 cm³/mol. The molecule has 17 heavy (non-hydrogen) atoms. The number of thiol groups is 1. The van der Waals surface area contributed by atoms with Crippen molar-refractivity contribution >= 4 is 24.0 Å². The zero-order valence-corrected chi connectivity index (χ0v) is 13.1. The summed E-state index contributed by atoms with van der Waals surface area (Å²) in [5, 5.41) is 3.31. The van der Waals surface area contributed by atoms with E-state index < -0.39 is 0 Å². The molecule has 0 unspecified atom stereocenters. The van der Waals surface area contributed by atoms with E-state index >= 15 is 0 Å². The highest BCUT2D eigenvalue weighted by Gasteiger charge is 2.26. The van der Waals surface area contributed by atoms with E-state index in [-0.39, 0.29) is 0 Å². The van der Waals surface area contributed by atoms with Crippen LogP contribution in [-0.2, 0) is 6.54 Å². The average Bonchev–Trinajstić information content (AvgIpc) is 2.72. The Morgan fingerprint density at radius 3 is 2.47 bits per heavy atom. The van der Waals surface area contributed by atoms with Gasteiger partial charge in [0, 0.05) is 18.5 Å². The number of rotatable bonds is 7. The highest BCUT2D eigenvalue weighted by atomic mass is 32.1. The zero-order valence-electron chi connectivity index (χ0n) is 11.4. The Balaban J connectivity index is 2.56. The molecule has 0 atom stereocenters. The summed E-state index contributed by atoms with van der Waals surface area (Å²) in [6.45, 7) is 8.63. The van der Waals surface area contributed by atoms with E-state index in [0.717, 1.165) is 23.8 Å². The van der Waals surface area contributed by atoms with E-state index in [9.17, 15) is 0 Å². The first kappa shape index (κ1) is 15.0. The van der Waals surface area contributed by atoms with Gasteiger partial charge in [0.05, 0.1) is 10.7 Å². The second kappa shape index (κ2) is 6.76. The van der Waals surface area contributed by atoms with Crippen LogP contribution in [0.25, 0.3) is 0 Å². The highest BCUT2D eigenvalue weighted by Crippen LogP contribution is 2.29. The van der Waals surface area contributed by atoms with E-state index in [1.54, 1.807) is 11.3 Å². The van der Waals surface area contributed by atoms with Crippen LogP contribution < -0.4 is 0 Å². The molecular weight excluding hydrogens is 248 g/mol. The smallest absolute Gasteiger partial charge is 0.0897 e. The van der Waals surface area contributed by atoms with Gasteiger partial charge in [-0.05, 0) is 38.0 Å². The molecule has 0 aromatic carbocycles. The zero-order chi connectivity index (χ0) is 12.9. The lowest BCUT2D eigenvalue weighted by Crippen LogP contribution is -2.36. The van der Waals surface area contributed by atoms with Gasteiger partial charge in [-0.2, -0.15) is 12.6 Å². The van der Waals surface area contributed by atoms with Gasteiger partial charge in [-0.1, -0.05) is 13.8 Å². The lowest BCUT2D eigenvalue weighted by atomic mass is 9.84. The molecule has 1 rings (SSSR count). The normalized spacial score (nSPS) is 12.4. The van der Waals surface area contributed by atoms with Gasteiger partial charge >= 0.3 is 0 Å². The van der Waals surface area contributed by atoms with Crippen LogP contribution in [0.1, 0.15) is 37.4 Å². The number of nitrogens with zero attached hydrogens (tertiary/aromatic N) is 2. The van der Waals surface area contributed by atoms with Crippen LogP contribution in [0, 0.1) is 12.3 Å². The third-order valence-electron chi connectivity index (χ3n) is 3.54. The first-order valence-corrected chi connectivity index (χ1v) is 7.77. The largest absolute Gasteiger partial charge is 0.300 e. The Morgan fingerprint density at radius 1 is 1.41 bits per heavy atom. The van der Waals surface area contributed by atoms with Gasteiger partial charge in [-0.15, -0.1) is 11.3 Å². The summed E-state index contributed by atoms with van der Waals surface area (Å²) >= 11 is 6.25. The molecule has 0 aliphatic carbocycles. The molecule has 0 aliphatic rings. The summed E-state index contributed by atoms with van der Waals surface area (Å²) in [5.41, 5.74) is 1.54. The summed E-state index contributed by atoms with van der Waals surface area (Å²) in [6.07, 6.45) is 2.38. The maximum Gasteiger partial charge on any atom is 0.0897 e. The van der Waals surface area contributed by atoms with Crippen LogP contribution >= 0.6 is 24.0 Å². The molecule has 1 aromatic rings. The fourth-order valence-corrected chi connectivity index (χ4v) is 3.28. The molecule has 0 N–H and O–H groups in total. The summed E-state index contributed by atoms with van der Waals surface area (Å²) in [4.78, 5) is 6.89. The quantitative estimate of drug-likeness (QED) is 0.763. The molecule has 0 spiro atoms. The number of hydrogen-bond donors (Lipinski definition) is 1. The van der Waals surface area contributed by atoms with Gasteiger partial charge in [0.25, 0.3) is 0 Å². The first-order valence-electron chi connectivity index (χ1n) is 6.25. The molecule has 98 valence electrons. The molecule has 2 nitrogen and oxygen atoms in total. The van der Waals surface area contributed by atoms with Gasteiger partial charge in [0.2, 0.25) is 0 Å². The minimum absolute atomic E-state index is 0.350. The standard InChI is InChI=1S/C13H24N2S2/c1-5-13(6-2,10-16)9-15(4)7-12-8-17-11(3)14-12/h8,16H,5-7,9-10H2,1-4H3. The van der Waals surface area contributed by atoms with Crippen LogP contribution in [0.4, 0.5) is 0 Å². The number of hydrogen-bond acceptors (Lipinski definition) is 4. The molecular formula is C13H24N2S2. The van der Waals surface area contributed by atoms with Gasteiger partial charge in [-0.3, -0.25) is 4.90 Å². The van der Waals surface area contributed by atoms with Crippen LogP contribution in [0.2, 0.25) is 0 Å². The van der Waals surface area contributed by atoms with Crippen LogP contribution in [0.15, 0.2) is 5.38 Å². The molecule has 0 aliphatic heterocycles. The molecule has 0 amide bonds. The molecule has 0 saturated carbocycles. The lowest BCUT2D eigenvalue weighted by molar-refractivity contribution is 0.178. The monoisotopic (exact) mass is 272 g/mol. The van der Waals surface area contributed by atoms with Gasteiger partial charge in [0.1, 0.15) is 0 Å². The fraction of sp³-hybridized carbons (Fsp3) is 0.769. The third kappa shape index (κ3) is 4.27. The summed E-state index contributed by atoms with van der Waals surface area (Å²) in [7, 11) is 2.18. The predicted octanol–water partition coefficient (Wildman–Crippen LogP) is 3.62. The second-order valence-corrected chi connectivity index (χ2v) is 6.27. The Morgan fingerprint density at radius 2 is 2.06 bits per heavy atom. The van der Waals surface area contributed by atoms with Crippen LogP contribution in [0.5, 0.6) is 0 Å². The van der Waals surface area contributed by atoms with E-state index in [0.29, 0.717) is 5.41 Å². The number of aromatic nitrogens is 1. The molecule has 0 fully saturated rings. The lowest BCUT2D eigenvalue weighted by Gasteiger charge is -2.34. The van der Waals surface area contributed by atoms with Crippen LogP contribution in [0.3, 0.4) is 0 Å². The molecule has 0 saturated heterocycles. The van der Waals surface area contributed by atoms with Crippen molar-refractivity contribution in [3.8, 4) is 0 Å². The van der Waals surface area contributed by atoms with Gasteiger partial charge in [-0.25, -0.2) is 4.98 Å². The maximum absolute atomic E-state index is 4.53. The Hall–Kier alpha value is -0.0600. The van der Waals surface area contributed by atoms with Crippen molar-refractivity contribution in [1.29, 1.82) is 0 Å². The van der Waals surface area contributed by atoms with Crippen molar-refractivity contribution in [2.45, 2.75) is 40.2 Å². The number of aryl methyl sites for hydroxylation is 1. The Labute approximate surface area is 115 Å². The highest BCUT2D eigenvalue weighted by molar-refractivity contribution is 7.80. The van der Waals surface area contributed by atoms with Gasteiger partial charge in [0.15, 0.2) is 0 Å². The van der Waals surface area contributed by atoms with Crippen molar-refractivity contribution in [2.75, 3.05) is 19.3 Å². The molecule has 4 heteroatoms. The number of thiazole rings is 1. The maximum atomic E-state index is 4.53. The molecule has 0 bridgehead atoms. The molecule has 1 aromatic heterocycles. The van der Waals surface area contributed by atoms with E-state index in [1.807, 2.05) is 0 Å². The first-order chi connectivity index (χ1) is 8.05. The fourth-order valence-electron chi connectivity index (χ4n) is 2.13. The third-order valence-corrected chi connectivity index (χ3v) is 5.03. The van der Waals surface area contributed by atoms with Crippen LogP contribution in [-0.4, -0.2) is 29.2 Å². The summed E-state index contributed by atoms with van der Waals surface area (Å²) in [5.74, 6) is 0.959. The van der Waals surface area contributed by atoms with Crippen molar-refractivity contribution in [1.82, 2.24) is 9.88 Å². The average molecular weight is 272 g/mol. The summed E-state index contributed by atoms with van der Waals surface area (Å²) < 4.78 is 0. The molecule has 0 radical (unpaired) electrons. The minimum atomic E-state index is 0.350. The van der Waals surface area contributed by atoms with Gasteiger partial charge < -0.3 is 0 Å². The summed E-state index contributed by atoms with van der Waals surface area (Å²) in [6, 6.07) is 0. The Bertz CT molecular complexity index is 324. The topological polar surface area (TPSA) is 16.1 Å². The van der Waals surface area contributed by atoms with Crippen molar-refractivity contribution in [2.24, 2.45) is 5.41 Å². The van der Waals surface area contributed by atoms with Crippen molar-refractivity contribution < 1.29 is 0 Å². The SMILES string of the molecule is CCC(CC)(CS)CN(C)Cc1csc(C)n1. The van der Waals surface area contributed by atoms with E-state index in [2.05, 4.69) is 55.7 Å². The minimum Gasteiger partial charge on any atom is -0.300 e.